The standard InChI is InChI=1S/C22H22N6O/c1-16-7-9-17(10-8-16)15-24-19-11-12-20-25-26-21(28(20)27-19)13-14-23-22(29)18-5-3-2-4-6-18/h2-12H,13-15H2,1H3,(H,23,29)(H,24,27). The number of carbonyl (C=O) groups excluding carboxylic acids is 1. The zero-order chi connectivity index (χ0) is 20.1. The molecule has 7 heteroatoms. The van der Waals surface area contributed by atoms with Gasteiger partial charge in [-0.15, -0.1) is 15.3 Å². The number of hydrogen-bond donors (Lipinski definition) is 2. The van der Waals surface area contributed by atoms with Gasteiger partial charge < -0.3 is 10.6 Å². The fourth-order valence-electron chi connectivity index (χ4n) is 2.96. The molecule has 0 atom stereocenters. The van der Waals surface area contributed by atoms with E-state index in [1.165, 1.54) is 11.1 Å². The van der Waals surface area contributed by atoms with E-state index >= 15 is 0 Å². The third kappa shape index (κ3) is 4.57. The second-order valence-electron chi connectivity index (χ2n) is 6.82. The van der Waals surface area contributed by atoms with E-state index in [0.29, 0.717) is 36.5 Å². The van der Waals surface area contributed by atoms with E-state index < -0.39 is 0 Å². The van der Waals surface area contributed by atoms with Crippen molar-refractivity contribution in [2.45, 2.75) is 19.9 Å². The van der Waals surface area contributed by atoms with Crippen molar-refractivity contribution in [2.24, 2.45) is 0 Å². The molecule has 0 bridgehead atoms. The third-order valence-corrected chi connectivity index (χ3v) is 4.59. The molecule has 7 nitrogen and oxygen atoms in total. The van der Waals surface area contributed by atoms with Gasteiger partial charge in [0.2, 0.25) is 0 Å². The molecule has 0 unspecified atom stereocenters. The summed E-state index contributed by atoms with van der Waals surface area (Å²) in [5.41, 5.74) is 3.74. The predicted octanol–water partition coefficient (Wildman–Crippen LogP) is 3.02. The van der Waals surface area contributed by atoms with E-state index in [0.717, 1.165) is 5.82 Å². The van der Waals surface area contributed by atoms with Crippen LogP contribution in [0.3, 0.4) is 0 Å². The first kappa shape index (κ1) is 18.6. The first-order chi connectivity index (χ1) is 14.2. The van der Waals surface area contributed by atoms with Crippen LogP contribution in [0.4, 0.5) is 5.82 Å². The maximum atomic E-state index is 12.2. The molecular formula is C22H22N6O. The van der Waals surface area contributed by atoms with Crippen molar-refractivity contribution in [3.63, 3.8) is 0 Å². The Kier molecular flexibility index (Phi) is 5.47. The number of hydrogen-bond acceptors (Lipinski definition) is 5. The van der Waals surface area contributed by atoms with Gasteiger partial charge in [0.1, 0.15) is 5.82 Å². The second-order valence-corrected chi connectivity index (χ2v) is 6.82. The Morgan fingerprint density at radius 2 is 1.76 bits per heavy atom. The summed E-state index contributed by atoms with van der Waals surface area (Å²) in [5.74, 6) is 1.34. The molecule has 146 valence electrons. The van der Waals surface area contributed by atoms with Crippen LogP contribution in [0.5, 0.6) is 0 Å². The summed E-state index contributed by atoms with van der Waals surface area (Å²) in [6, 6.07) is 21.3. The minimum Gasteiger partial charge on any atom is -0.365 e. The van der Waals surface area contributed by atoms with E-state index in [-0.39, 0.29) is 5.91 Å². The molecule has 2 aromatic heterocycles. The molecule has 1 amide bonds. The van der Waals surface area contributed by atoms with Gasteiger partial charge in [0.05, 0.1) is 0 Å². The van der Waals surface area contributed by atoms with Gasteiger partial charge in [-0.05, 0) is 36.8 Å². The summed E-state index contributed by atoms with van der Waals surface area (Å²) in [6.07, 6.45) is 0.536. The zero-order valence-corrected chi connectivity index (χ0v) is 16.2. The van der Waals surface area contributed by atoms with Crippen LogP contribution in [0.2, 0.25) is 0 Å². The summed E-state index contributed by atoms with van der Waals surface area (Å²) < 4.78 is 1.71. The monoisotopic (exact) mass is 386 g/mol. The van der Waals surface area contributed by atoms with Crippen LogP contribution in [-0.2, 0) is 13.0 Å². The second kappa shape index (κ2) is 8.52. The lowest BCUT2D eigenvalue weighted by molar-refractivity contribution is 0.0954. The highest BCUT2D eigenvalue weighted by molar-refractivity contribution is 5.94. The largest absolute Gasteiger partial charge is 0.365 e. The Morgan fingerprint density at radius 3 is 2.55 bits per heavy atom. The summed E-state index contributed by atoms with van der Waals surface area (Å²) in [6.45, 7) is 3.21. The van der Waals surface area contributed by atoms with Crippen molar-refractivity contribution in [1.29, 1.82) is 0 Å². The van der Waals surface area contributed by atoms with Gasteiger partial charge in [0.15, 0.2) is 11.5 Å². The van der Waals surface area contributed by atoms with Gasteiger partial charge in [0.25, 0.3) is 5.91 Å². The highest BCUT2D eigenvalue weighted by Crippen LogP contribution is 2.10. The molecule has 0 saturated carbocycles. The van der Waals surface area contributed by atoms with Crippen molar-refractivity contribution in [3.8, 4) is 0 Å². The van der Waals surface area contributed by atoms with Gasteiger partial charge in [-0.2, -0.15) is 4.52 Å². The molecule has 0 aliphatic carbocycles. The van der Waals surface area contributed by atoms with Gasteiger partial charge in [-0.25, -0.2) is 0 Å². The third-order valence-electron chi connectivity index (χ3n) is 4.59. The first-order valence-corrected chi connectivity index (χ1v) is 9.53. The molecule has 0 aliphatic rings. The lowest BCUT2D eigenvalue weighted by Gasteiger charge is -2.07. The Hall–Kier alpha value is -3.74. The minimum atomic E-state index is -0.104. The van der Waals surface area contributed by atoms with Crippen LogP contribution in [0.25, 0.3) is 5.65 Å². The number of nitrogens with one attached hydrogen (secondary N) is 2. The van der Waals surface area contributed by atoms with Crippen LogP contribution in [-0.4, -0.2) is 32.3 Å². The number of fused-ring (bicyclic) bond motifs is 1. The quantitative estimate of drug-likeness (QED) is 0.510. The number of rotatable bonds is 7. The van der Waals surface area contributed by atoms with E-state index in [4.69, 9.17) is 0 Å². The summed E-state index contributed by atoms with van der Waals surface area (Å²) in [5, 5.41) is 19.2. The van der Waals surface area contributed by atoms with Crippen molar-refractivity contribution < 1.29 is 4.79 Å². The number of aromatic nitrogens is 4. The Morgan fingerprint density at radius 1 is 0.966 bits per heavy atom. The fraction of sp³-hybridized carbons (Fsp3) is 0.182. The summed E-state index contributed by atoms with van der Waals surface area (Å²) >= 11 is 0. The number of amides is 1. The smallest absolute Gasteiger partial charge is 0.251 e. The average molecular weight is 386 g/mol. The molecular weight excluding hydrogens is 364 g/mol. The summed E-state index contributed by atoms with van der Waals surface area (Å²) in [7, 11) is 0. The average Bonchev–Trinajstić information content (AvgIpc) is 3.16. The molecule has 2 heterocycles. The molecule has 29 heavy (non-hydrogen) atoms. The molecule has 0 radical (unpaired) electrons. The molecule has 0 saturated heterocycles. The van der Waals surface area contributed by atoms with Crippen LogP contribution in [0.1, 0.15) is 27.3 Å². The topological polar surface area (TPSA) is 84.2 Å². The molecule has 4 aromatic rings. The number of aryl methyl sites for hydroxylation is 1. The number of anilines is 1. The summed E-state index contributed by atoms with van der Waals surface area (Å²) in [4.78, 5) is 12.2. The molecule has 2 aromatic carbocycles. The van der Waals surface area contributed by atoms with Gasteiger partial charge in [-0.3, -0.25) is 4.79 Å². The molecule has 0 aliphatic heterocycles. The highest BCUT2D eigenvalue weighted by atomic mass is 16.1. The van der Waals surface area contributed by atoms with Crippen LogP contribution in [0.15, 0.2) is 66.7 Å². The molecule has 0 spiro atoms. The Labute approximate surface area is 168 Å². The molecule has 4 rings (SSSR count). The highest BCUT2D eigenvalue weighted by Gasteiger charge is 2.09. The number of nitrogens with zero attached hydrogens (tertiary/aromatic N) is 4. The maximum absolute atomic E-state index is 12.2. The van der Waals surface area contributed by atoms with E-state index in [1.807, 2.05) is 30.3 Å². The van der Waals surface area contributed by atoms with Crippen LogP contribution in [0, 0.1) is 6.92 Å². The van der Waals surface area contributed by atoms with Crippen LogP contribution >= 0.6 is 0 Å². The van der Waals surface area contributed by atoms with E-state index in [9.17, 15) is 4.79 Å². The van der Waals surface area contributed by atoms with Crippen molar-refractivity contribution in [2.75, 3.05) is 11.9 Å². The minimum absolute atomic E-state index is 0.104. The molecule has 0 fully saturated rings. The first-order valence-electron chi connectivity index (χ1n) is 9.53. The Bertz CT molecular complexity index is 1110. The van der Waals surface area contributed by atoms with Gasteiger partial charge >= 0.3 is 0 Å². The lowest BCUT2D eigenvalue weighted by atomic mass is 10.1. The SMILES string of the molecule is Cc1ccc(CNc2ccc3nnc(CCNC(=O)c4ccccc4)n3n2)cc1. The van der Waals surface area contributed by atoms with Gasteiger partial charge in [-0.1, -0.05) is 48.0 Å². The Balaban J connectivity index is 1.39. The van der Waals surface area contributed by atoms with Crippen molar-refractivity contribution >= 4 is 17.4 Å². The van der Waals surface area contributed by atoms with E-state index in [1.54, 1.807) is 16.6 Å². The number of benzene rings is 2. The van der Waals surface area contributed by atoms with Crippen LogP contribution < -0.4 is 10.6 Å². The predicted molar refractivity (Wildman–Crippen MR) is 112 cm³/mol. The van der Waals surface area contributed by atoms with Gasteiger partial charge in [0, 0.05) is 25.1 Å². The lowest BCUT2D eigenvalue weighted by Crippen LogP contribution is -2.26. The maximum Gasteiger partial charge on any atom is 0.251 e. The fourth-order valence-corrected chi connectivity index (χ4v) is 2.96. The molecule has 2 N–H and O–H groups in total. The normalized spacial score (nSPS) is 10.8. The number of carbonyl (C=O) groups is 1. The van der Waals surface area contributed by atoms with Crippen molar-refractivity contribution in [1.82, 2.24) is 25.1 Å². The zero-order valence-electron chi connectivity index (χ0n) is 16.2. The van der Waals surface area contributed by atoms with E-state index in [2.05, 4.69) is 57.1 Å². The van der Waals surface area contributed by atoms with Crippen molar-refractivity contribution in [3.05, 3.63) is 89.2 Å².